The minimum atomic E-state index is -3.84. The third-order valence-electron chi connectivity index (χ3n) is 4.34. The molecule has 0 unspecified atom stereocenters. The Morgan fingerprint density at radius 2 is 2.00 bits per heavy atom. The minimum Gasteiger partial charge on any atom is -0.383 e. The van der Waals surface area contributed by atoms with E-state index < -0.39 is 36.6 Å². The number of carbonyl (C=O) groups is 1. The highest BCUT2D eigenvalue weighted by molar-refractivity contribution is 7.91. The number of nitrogens with zero attached hydrogens (tertiary/aromatic N) is 2. The SMILES string of the molecule is CS(=O)(=O)c1nn([C@@H]2CCS(=O)(=O)C2)c(N)c1C(=O)NCc1ccccc1. The average Bonchev–Trinajstić information content (AvgIpc) is 3.13. The van der Waals surface area contributed by atoms with Gasteiger partial charge in [0.25, 0.3) is 5.91 Å². The molecule has 1 amide bonds. The Bertz CT molecular complexity index is 1080. The van der Waals surface area contributed by atoms with Gasteiger partial charge in [0, 0.05) is 12.8 Å². The summed E-state index contributed by atoms with van der Waals surface area (Å²) in [6, 6.07) is 8.51. The van der Waals surface area contributed by atoms with Gasteiger partial charge in [0.15, 0.2) is 24.7 Å². The molecular formula is C16H20N4O5S2. The summed E-state index contributed by atoms with van der Waals surface area (Å²) in [5.74, 6) is -1.04. The lowest BCUT2D eigenvalue weighted by atomic mass is 10.2. The highest BCUT2D eigenvalue weighted by Crippen LogP contribution is 2.30. The number of nitrogens with one attached hydrogen (secondary N) is 1. The van der Waals surface area contributed by atoms with Crippen LogP contribution in [0.25, 0.3) is 0 Å². The molecular weight excluding hydrogens is 392 g/mol. The van der Waals surface area contributed by atoms with Gasteiger partial charge < -0.3 is 11.1 Å². The lowest BCUT2D eigenvalue weighted by molar-refractivity contribution is 0.0948. The van der Waals surface area contributed by atoms with Crippen molar-refractivity contribution in [2.24, 2.45) is 0 Å². The van der Waals surface area contributed by atoms with E-state index in [4.69, 9.17) is 5.73 Å². The normalized spacial score (nSPS) is 19.1. The van der Waals surface area contributed by atoms with Gasteiger partial charge in [-0.25, -0.2) is 21.5 Å². The maximum absolute atomic E-state index is 12.6. The van der Waals surface area contributed by atoms with Crippen LogP contribution >= 0.6 is 0 Å². The summed E-state index contributed by atoms with van der Waals surface area (Å²) in [7, 11) is -7.08. The van der Waals surface area contributed by atoms with Crippen molar-refractivity contribution < 1.29 is 21.6 Å². The molecule has 0 bridgehead atoms. The molecule has 3 rings (SSSR count). The predicted molar refractivity (Wildman–Crippen MR) is 99.7 cm³/mol. The van der Waals surface area contributed by atoms with Crippen LogP contribution < -0.4 is 11.1 Å². The molecule has 1 aliphatic rings. The van der Waals surface area contributed by atoms with Crippen molar-refractivity contribution in [3.05, 3.63) is 41.5 Å². The lowest BCUT2D eigenvalue weighted by Crippen LogP contribution is -2.25. The lowest BCUT2D eigenvalue weighted by Gasteiger charge is -2.11. The van der Waals surface area contributed by atoms with Crippen LogP contribution in [0.15, 0.2) is 35.4 Å². The zero-order valence-corrected chi connectivity index (χ0v) is 16.3. The highest BCUT2D eigenvalue weighted by Gasteiger charge is 2.35. The topological polar surface area (TPSA) is 141 Å². The molecule has 3 N–H and O–H groups in total. The van der Waals surface area contributed by atoms with E-state index in [1.165, 1.54) is 0 Å². The minimum absolute atomic E-state index is 0.0271. The summed E-state index contributed by atoms with van der Waals surface area (Å²) in [5, 5.41) is 6.17. The Labute approximate surface area is 157 Å². The van der Waals surface area contributed by atoms with E-state index in [9.17, 15) is 21.6 Å². The summed E-state index contributed by atoms with van der Waals surface area (Å²) in [5.41, 5.74) is 6.60. The van der Waals surface area contributed by atoms with E-state index in [-0.39, 0.29) is 35.9 Å². The Kier molecular flexibility index (Phi) is 5.00. The van der Waals surface area contributed by atoms with Gasteiger partial charge in [-0.15, -0.1) is 0 Å². The van der Waals surface area contributed by atoms with Gasteiger partial charge in [-0.1, -0.05) is 30.3 Å². The average molecular weight is 412 g/mol. The van der Waals surface area contributed by atoms with Crippen LogP contribution in [-0.2, 0) is 26.2 Å². The molecule has 146 valence electrons. The van der Waals surface area contributed by atoms with E-state index in [2.05, 4.69) is 10.4 Å². The number of carbonyl (C=O) groups excluding carboxylic acids is 1. The van der Waals surface area contributed by atoms with E-state index in [0.29, 0.717) is 0 Å². The Morgan fingerprint density at radius 3 is 2.56 bits per heavy atom. The molecule has 1 saturated heterocycles. The number of nitrogens with two attached hydrogens (primary N) is 1. The van der Waals surface area contributed by atoms with Gasteiger partial charge in [-0.2, -0.15) is 5.10 Å². The molecule has 1 fully saturated rings. The van der Waals surface area contributed by atoms with Gasteiger partial charge in [-0.05, 0) is 12.0 Å². The molecule has 27 heavy (non-hydrogen) atoms. The fourth-order valence-electron chi connectivity index (χ4n) is 3.01. The number of hydrogen-bond donors (Lipinski definition) is 2. The molecule has 2 heterocycles. The van der Waals surface area contributed by atoms with Gasteiger partial charge >= 0.3 is 0 Å². The number of nitrogen functional groups attached to an aromatic ring is 1. The first-order valence-electron chi connectivity index (χ1n) is 8.19. The van der Waals surface area contributed by atoms with Crippen LogP contribution in [-0.4, -0.2) is 50.3 Å². The molecule has 1 aliphatic heterocycles. The molecule has 1 atom stereocenters. The number of benzene rings is 1. The largest absolute Gasteiger partial charge is 0.383 e. The fraction of sp³-hybridized carbons (Fsp3) is 0.375. The first kappa shape index (κ1) is 19.4. The van der Waals surface area contributed by atoms with Crippen molar-refractivity contribution in [2.45, 2.75) is 24.0 Å². The smallest absolute Gasteiger partial charge is 0.258 e. The molecule has 1 aromatic carbocycles. The highest BCUT2D eigenvalue weighted by atomic mass is 32.2. The summed E-state index contributed by atoms with van der Waals surface area (Å²) in [4.78, 5) is 12.6. The van der Waals surface area contributed by atoms with E-state index in [0.717, 1.165) is 16.5 Å². The van der Waals surface area contributed by atoms with Gasteiger partial charge in [0.05, 0.1) is 17.5 Å². The predicted octanol–water partition coefficient (Wildman–Crippen LogP) is 0.158. The first-order valence-corrected chi connectivity index (χ1v) is 11.9. The number of hydrogen-bond acceptors (Lipinski definition) is 7. The second kappa shape index (κ2) is 6.97. The zero-order chi connectivity index (χ0) is 19.8. The van der Waals surface area contributed by atoms with Crippen LogP contribution in [0, 0.1) is 0 Å². The van der Waals surface area contributed by atoms with Crippen molar-refractivity contribution in [3.8, 4) is 0 Å². The molecule has 0 aliphatic carbocycles. The monoisotopic (exact) mass is 412 g/mol. The van der Waals surface area contributed by atoms with Crippen molar-refractivity contribution in [1.29, 1.82) is 0 Å². The molecule has 1 aromatic heterocycles. The van der Waals surface area contributed by atoms with Crippen LogP contribution in [0.2, 0.25) is 0 Å². The van der Waals surface area contributed by atoms with Crippen molar-refractivity contribution in [1.82, 2.24) is 15.1 Å². The Balaban J connectivity index is 1.94. The van der Waals surface area contributed by atoms with Gasteiger partial charge in [-0.3, -0.25) is 4.79 Å². The molecule has 9 nitrogen and oxygen atoms in total. The van der Waals surface area contributed by atoms with E-state index in [1.807, 2.05) is 30.3 Å². The van der Waals surface area contributed by atoms with Crippen LogP contribution in [0.1, 0.15) is 28.4 Å². The quantitative estimate of drug-likeness (QED) is 0.712. The first-order chi connectivity index (χ1) is 12.6. The molecule has 11 heteroatoms. The Hall–Kier alpha value is -2.40. The Morgan fingerprint density at radius 1 is 1.33 bits per heavy atom. The number of anilines is 1. The molecule has 0 radical (unpaired) electrons. The molecule has 0 saturated carbocycles. The zero-order valence-electron chi connectivity index (χ0n) is 14.6. The number of rotatable bonds is 5. The second-order valence-corrected chi connectivity index (χ2v) is 10.7. The van der Waals surface area contributed by atoms with Gasteiger partial charge in [0.2, 0.25) is 0 Å². The number of aromatic nitrogens is 2. The maximum Gasteiger partial charge on any atom is 0.258 e. The second-order valence-electron chi connectivity index (χ2n) is 6.51. The van der Waals surface area contributed by atoms with E-state index in [1.54, 1.807) is 0 Å². The number of amides is 1. The summed E-state index contributed by atoms with van der Waals surface area (Å²) in [6.07, 6.45) is 1.20. The van der Waals surface area contributed by atoms with Crippen LogP contribution in [0.3, 0.4) is 0 Å². The van der Waals surface area contributed by atoms with E-state index >= 15 is 0 Å². The van der Waals surface area contributed by atoms with Gasteiger partial charge in [0.1, 0.15) is 11.4 Å². The molecule has 2 aromatic rings. The summed E-state index contributed by atoms with van der Waals surface area (Å²) < 4.78 is 48.8. The third kappa shape index (κ3) is 4.14. The third-order valence-corrected chi connectivity index (χ3v) is 7.08. The maximum atomic E-state index is 12.6. The van der Waals surface area contributed by atoms with Crippen molar-refractivity contribution >= 4 is 31.4 Å². The summed E-state index contributed by atoms with van der Waals surface area (Å²) >= 11 is 0. The standard InChI is InChI=1S/C16H20N4O5S2/c1-26(22,23)16-13(15(21)18-9-11-5-3-2-4-6-11)14(17)20(19-16)12-7-8-27(24,25)10-12/h2-6,12H,7-10,17H2,1H3,(H,18,21)/t12-/m1/s1. The summed E-state index contributed by atoms with van der Waals surface area (Å²) in [6.45, 7) is 0.186. The van der Waals surface area contributed by atoms with Crippen molar-refractivity contribution in [3.63, 3.8) is 0 Å². The number of sulfone groups is 2. The van der Waals surface area contributed by atoms with Crippen LogP contribution in [0.5, 0.6) is 0 Å². The molecule has 0 spiro atoms. The van der Waals surface area contributed by atoms with Crippen LogP contribution in [0.4, 0.5) is 5.82 Å². The van der Waals surface area contributed by atoms with Crippen molar-refractivity contribution in [2.75, 3.05) is 23.5 Å². The fourth-order valence-corrected chi connectivity index (χ4v) is 5.51.